The lowest BCUT2D eigenvalue weighted by Gasteiger charge is -2.24. The van der Waals surface area contributed by atoms with Gasteiger partial charge < -0.3 is 9.64 Å². The number of benzene rings is 1. The molecule has 0 radical (unpaired) electrons. The van der Waals surface area contributed by atoms with E-state index in [4.69, 9.17) is 16.3 Å². The molecule has 1 atom stereocenters. The Bertz CT molecular complexity index is 645. The molecule has 0 N–H and O–H groups in total. The third kappa shape index (κ3) is 2.10. The molecule has 3 rings (SSSR count). The molecule has 1 aliphatic rings. The molecule has 1 aliphatic heterocycles. The van der Waals surface area contributed by atoms with Gasteiger partial charge in [0.15, 0.2) is 11.0 Å². The highest BCUT2D eigenvalue weighted by Crippen LogP contribution is 2.37. The molecule has 5 nitrogen and oxygen atoms in total. The maximum atomic E-state index is 12.0. The maximum absolute atomic E-state index is 12.0. The number of nitrogens with zero attached hydrogens (tertiary/aromatic N) is 3. The van der Waals surface area contributed by atoms with Gasteiger partial charge in [-0.3, -0.25) is 0 Å². The number of esters is 1. The molecule has 1 aromatic heterocycles. The first kappa shape index (κ1) is 12.9. The van der Waals surface area contributed by atoms with Crippen LogP contribution in [0, 0.1) is 0 Å². The Morgan fingerprint density at radius 3 is 2.80 bits per heavy atom. The Morgan fingerprint density at radius 2 is 2.10 bits per heavy atom. The first-order valence-corrected chi connectivity index (χ1v) is 6.52. The predicted molar refractivity (Wildman–Crippen MR) is 75.1 cm³/mol. The van der Waals surface area contributed by atoms with E-state index in [0.29, 0.717) is 17.4 Å². The van der Waals surface area contributed by atoms with Crippen molar-refractivity contribution in [2.75, 3.05) is 12.0 Å². The zero-order valence-corrected chi connectivity index (χ0v) is 11.5. The number of carbonyl (C=O) groups excluding carboxylic acids is 1. The Morgan fingerprint density at radius 1 is 1.30 bits per heavy atom. The number of fused-ring (bicyclic) bond motifs is 1. The van der Waals surface area contributed by atoms with Crippen molar-refractivity contribution in [3.63, 3.8) is 0 Å². The van der Waals surface area contributed by atoms with Crippen molar-refractivity contribution in [3.05, 3.63) is 47.1 Å². The van der Waals surface area contributed by atoms with E-state index >= 15 is 0 Å². The summed E-state index contributed by atoms with van der Waals surface area (Å²) in [6.07, 6.45) is 0.590. The fraction of sp³-hybridized carbons (Fsp3) is 0.214. The van der Waals surface area contributed by atoms with Gasteiger partial charge in [0.05, 0.1) is 7.11 Å². The van der Waals surface area contributed by atoms with Crippen molar-refractivity contribution in [1.82, 2.24) is 10.2 Å². The summed E-state index contributed by atoms with van der Waals surface area (Å²) in [5, 5.41) is 8.22. The molecule has 0 aliphatic carbocycles. The second-order valence-electron chi connectivity index (χ2n) is 4.46. The minimum absolute atomic E-state index is 0.294. The van der Waals surface area contributed by atoms with Crippen molar-refractivity contribution in [1.29, 1.82) is 0 Å². The summed E-state index contributed by atoms with van der Waals surface area (Å²) in [6.45, 7) is 0. The van der Waals surface area contributed by atoms with Gasteiger partial charge in [-0.2, -0.15) is 0 Å². The molecule has 1 unspecified atom stereocenters. The van der Waals surface area contributed by atoms with E-state index in [9.17, 15) is 4.79 Å². The van der Waals surface area contributed by atoms with Crippen molar-refractivity contribution in [3.8, 4) is 0 Å². The molecular formula is C14H12ClN3O2. The lowest BCUT2D eigenvalue weighted by Crippen LogP contribution is -2.36. The summed E-state index contributed by atoms with van der Waals surface area (Å²) >= 11 is 5.76. The van der Waals surface area contributed by atoms with E-state index in [0.717, 1.165) is 11.3 Å². The van der Waals surface area contributed by atoms with Gasteiger partial charge in [0.1, 0.15) is 6.04 Å². The van der Waals surface area contributed by atoms with Gasteiger partial charge in [-0.25, -0.2) is 4.79 Å². The van der Waals surface area contributed by atoms with Crippen LogP contribution in [0.4, 0.5) is 11.5 Å². The molecule has 6 heteroatoms. The van der Waals surface area contributed by atoms with Gasteiger partial charge in [-0.1, -0.05) is 29.8 Å². The van der Waals surface area contributed by atoms with Crippen LogP contribution < -0.4 is 4.90 Å². The monoisotopic (exact) mass is 289 g/mol. The number of ether oxygens (including phenoxy) is 1. The largest absolute Gasteiger partial charge is 0.467 e. The summed E-state index contributed by atoms with van der Waals surface area (Å²) in [6, 6.07) is 10.8. The maximum Gasteiger partial charge on any atom is 0.329 e. The fourth-order valence-corrected chi connectivity index (χ4v) is 2.53. The number of anilines is 2. The molecule has 1 aromatic carbocycles. The van der Waals surface area contributed by atoms with Crippen LogP contribution in [0.5, 0.6) is 0 Å². The summed E-state index contributed by atoms with van der Waals surface area (Å²) < 4.78 is 4.89. The SMILES string of the molecule is COC(=O)C1Cc2ccccc2N1c1ccc(Cl)nn1. The number of carbonyl (C=O) groups is 1. The smallest absolute Gasteiger partial charge is 0.329 e. The molecule has 0 amide bonds. The standard InChI is InChI=1S/C14H12ClN3O2/c1-20-14(19)11-8-9-4-2-3-5-10(9)18(11)13-7-6-12(15)16-17-13/h2-7,11H,8H2,1H3. The van der Waals surface area contributed by atoms with Crippen molar-refractivity contribution < 1.29 is 9.53 Å². The van der Waals surface area contributed by atoms with E-state index in [2.05, 4.69) is 10.2 Å². The predicted octanol–water partition coefficient (Wildman–Crippen LogP) is 2.37. The minimum Gasteiger partial charge on any atom is -0.467 e. The van der Waals surface area contributed by atoms with Crippen LogP contribution in [0.15, 0.2) is 36.4 Å². The van der Waals surface area contributed by atoms with Crippen LogP contribution in [0.3, 0.4) is 0 Å². The van der Waals surface area contributed by atoms with Crippen molar-refractivity contribution in [2.24, 2.45) is 0 Å². The number of hydrogen-bond donors (Lipinski definition) is 0. The Hall–Kier alpha value is -2.14. The lowest BCUT2D eigenvalue weighted by molar-refractivity contribution is -0.141. The van der Waals surface area contributed by atoms with Crippen LogP contribution in [-0.2, 0) is 16.0 Å². The minimum atomic E-state index is -0.423. The van der Waals surface area contributed by atoms with Crippen LogP contribution >= 0.6 is 11.6 Å². The summed E-state index contributed by atoms with van der Waals surface area (Å²) in [5.74, 6) is 0.285. The number of hydrogen-bond acceptors (Lipinski definition) is 5. The topological polar surface area (TPSA) is 55.3 Å². The molecule has 2 aromatic rings. The van der Waals surface area contributed by atoms with E-state index in [1.807, 2.05) is 29.2 Å². The Kier molecular flexibility index (Phi) is 3.28. The number of methoxy groups -OCH3 is 1. The van der Waals surface area contributed by atoms with Crippen LogP contribution in [0.25, 0.3) is 0 Å². The Balaban J connectivity index is 2.07. The van der Waals surface area contributed by atoms with Crippen molar-refractivity contribution >= 4 is 29.1 Å². The lowest BCUT2D eigenvalue weighted by atomic mass is 10.1. The highest BCUT2D eigenvalue weighted by atomic mass is 35.5. The van der Waals surface area contributed by atoms with Gasteiger partial charge in [-0.05, 0) is 23.8 Å². The molecule has 0 spiro atoms. The van der Waals surface area contributed by atoms with Crippen LogP contribution in [0.2, 0.25) is 5.15 Å². The number of halogens is 1. The molecule has 0 fully saturated rings. The normalized spacial score (nSPS) is 16.9. The zero-order valence-electron chi connectivity index (χ0n) is 10.8. The average molecular weight is 290 g/mol. The van der Waals surface area contributed by atoms with Crippen LogP contribution in [0.1, 0.15) is 5.56 Å². The average Bonchev–Trinajstić information content (AvgIpc) is 2.87. The molecule has 0 bridgehead atoms. The van der Waals surface area contributed by atoms with Gasteiger partial charge in [0.2, 0.25) is 0 Å². The fourth-order valence-electron chi connectivity index (χ4n) is 2.43. The van der Waals surface area contributed by atoms with E-state index in [1.165, 1.54) is 7.11 Å². The van der Waals surface area contributed by atoms with Crippen LogP contribution in [-0.4, -0.2) is 29.3 Å². The third-order valence-corrected chi connectivity index (χ3v) is 3.52. The zero-order chi connectivity index (χ0) is 14.1. The Labute approximate surface area is 121 Å². The van der Waals surface area contributed by atoms with E-state index < -0.39 is 6.04 Å². The molecular weight excluding hydrogens is 278 g/mol. The van der Waals surface area contributed by atoms with E-state index in [1.54, 1.807) is 12.1 Å². The second kappa shape index (κ2) is 5.09. The molecule has 0 saturated carbocycles. The molecule has 102 valence electrons. The summed E-state index contributed by atoms with van der Waals surface area (Å²) in [5.41, 5.74) is 2.03. The van der Waals surface area contributed by atoms with Gasteiger partial charge in [0, 0.05) is 12.1 Å². The first-order valence-electron chi connectivity index (χ1n) is 6.15. The summed E-state index contributed by atoms with van der Waals surface area (Å²) in [4.78, 5) is 13.8. The number of para-hydroxylation sites is 1. The van der Waals surface area contributed by atoms with Crippen molar-refractivity contribution in [2.45, 2.75) is 12.5 Å². The number of rotatable bonds is 2. The third-order valence-electron chi connectivity index (χ3n) is 3.31. The van der Waals surface area contributed by atoms with Gasteiger partial charge in [0.25, 0.3) is 0 Å². The number of aromatic nitrogens is 2. The second-order valence-corrected chi connectivity index (χ2v) is 4.84. The molecule has 2 heterocycles. The van der Waals surface area contributed by atoms with E-state index in [-0.39, 0.29) is 5.97 Å². The van der Waals surface area contributed by atoms with Gasteiger partial charge >= 0.3 is 5.97 Å². The quantitative estimate of drug-likeness (QED) is 0.795. The molecule has 0 saturated heterocycles. The highest BCUT2D eigenvalue weighted by molar-refractivity contribution is 6.29. The van der Waals surface area contributed by atoms with Gasteiger partial charge in [-0.15, -0.1) is 10.2 Å². The first-order chi connectivity index (χ1) is 9.70. The molecule has 20 heavy (non-hydrogen) atoms. The summed E-state index contributed by atoms with van der Waals surface area (Å²) in [7, 11) is 1.39. The highest BCUT2D eigenvalue weighted by Gasteiger charge is 2.36.